The van der Waals surface area contributed by atoms with Crippen LogP contribution in [0.5, 0.6) is 0 Å². The van der Waals surface area contributed by atoms with Crippen molar-refractivity contribution in [3.05, 3.63) is 0 Å². The van der Waals surface area contributed by atoms with Gasteiger partial charge < -0.3 is 4.52 Å². The van der Waals surface area contributed by atoms with Gasteiger partial charge in [-0.2, -0.15) is 0 Å². The van der Waals surface area contributed by atoms with Crippen molar-refractivity contribution < 1.29 is 23.3 Å². The zero-order valence-electron chi connectivity index (χ0n) is 6.44. The minimum absolute atomic E-state index is 0.119. The second-order valence-electron chi connectivity index (χ2n) is 1.86. The van der Waals surface area contributed by atoms with E-state index in [0.29, 0.717) is 6.42 Å². The summed E-state index contributed by atoms with van der Waals surface area (Å²) in [5.41, 5.74) is 0. The van der Waals surface area contributed by atoms with Crippen LogP contribution in [0.15, 0.2) is 0 Å². The van der Waals surface area contributed by atoms with Gasteiger partial charge in [0.15, 0.2) is 0 Å². The van der Waals surface area contributed by atoms with Crippen molar-refractivity contribution in [3.63, 3.8) is 0 Å². The molecule has 0 aliphatic rings. The molecule has 0 rings (SSSR count). The number of carbonyl (C=O) groups is 1. The fraction of sp³-hybridized carbons (Fsp3) is 0.800. The molecule has 0 saturated heterocycles. The van der Waals surface area contributed by atoms with Gasteiger partial charge in [0.1, 0.15) is 0 Å². The second kappa shape index (κ2) is 4.49. The van der Waals surface area contributed by atoms with E-state index < -0.39 is 13.8 Å². The summed E-state index contributed by atoms with van der Waals surface area (Å²) in [5.74, 6) is -0.722. The van der Waals surface area contributed by atoms with E-state index in [1.807, 2.05) is 0 Å². The Balaban J connectivity index is 3.84. The summed E-state index contributed by atoms with van der Waals surface area (Å²) in [7, 11) is -3.11. The van der Waals surface area contributed by atoms with Crippen molar-refractivity contribution in [2.45, 2.75) is 19.8 Å². The number of hydrogen-bond donors (Lipinski definition) is 1. The lowest BCUT2D eigenvalue weighted by Crippen LogP contribution is -2.02. The minimum Gasteiger partial charge on any atom is -0.371 e. The Morgan fingerprint density at radius 1 is 1.64 bits per heavy atom. The maximum atomic E-state index is 10.6. The number of phosphoric acid groups is 1. The number of hydrogen-bond acceptors (Lipinski definition) is 4. The smallest absolute Gasteiger partial charge is 0.371 e. The highest BCUT2D eigenvalue weighted by molar-refractivity contribution is 7.48. The Hall–Kier alpha value is -0.380. The van der Waals surface area contributed by atoms with Crippen molar-refractivity contribution in [1.29, 1.82) is 0 Å². The number of carbonyl (C=O) groups excluding carboxylic acids is 1. The van der Waals surface area contributed by atoms with Crippen LogP contribution in [-0.2, 0) is 18.4 Å². The largest absolute Gasteiger partial charge is 0.529 e. The maximum absolute atomic E-state index is 10.6. The lowest BCUT2D eigenvalue weighted by atomic mass is 10.4. The van der Waals surface area contributed by atoms with Crippen molar-refractivity contribution in [2.75, 3.05) is 7.11 Å². The van der Waals surface area contributed by atoms with Crippen LogP contribution in [0.1, 0.15) is 19.8 Å². The Morgan fingerprint density at radius 2 is 2.18 bits per heavy atom. The molecule has 6 heteroatoms. The molecule has 0 aliphatic carbocycles. The molecule has 1 atom stereocenters. The molecular weight excluding hydrogens is 171 g/mol. The van der Waals surface area contributed by atoms with Gasteiger partial charge in [0.2, 0.25) is 0 Å². The topological polar surface area (TPSA) is 72.8 Å². The van der Waals surface area contributed by atoms with Gasteiger partial charge in [-0.15, -0.1) is 0 Å². The van der Waals surface area contributed by atoms with Crippen molar-refractivity contribution >= 4 is 13.8 Å². The van der Waals surface area contributed by atoms with Crippen molar-refractivity contribution in [1.82, 2.24) is 0 Å². The molecule has 0 amide bonds. The van der Waals surface area contributed by atoms with E-state index in [-0.39, 0.29) is 6.42 Å². The summed E-state index contributed by atoms with van der Waals surface area (Å²) in [6.45, 7) is 1.76. The summed E-state index contributed by atoms with van der Waals surface area (Å²) in [5, 5.41) is 0. The van der Waals surface area contributed by atoms with Gasteiger partial charge in [0.05, 0.1) is 0 Å². The van der Waals surface area contributed by atoms with Gasteiger partial charge in [-0.25, -0.2) is 4.57 Å². The van der Waals surface area contributed by atoms with Gasteiger partial charge in [0.25, 0.3) is 0 Å². The van der Waals surface area contributed by atoms with E-state index in [1.165, 1.54) is 0 Å². The van der Waals surface area contributed by atoms with Crippen LogP contribution in [0.2, 0.25) is 0 Å². The van der Waals surface area contributed by atoms with E-state index in [4.69, 9.17) is 4.89 Å². The van der Waals surface area contributed by atoms with Gasteiger partial charge in [-0.05, 0) is 6.42 Å². The quantitative estimate of drug-likeness (QED) is 0.658. The van der Waals surface area contributed by atoms with Crippen LogP contribution in [0.3, 0.4) is 0 Å². The van der Waals surface area contributed by atoms with E-state index in [0.717, 1.165) is 7.11 Å². The molecule has 0 heterocycles. The Kier molecular flexibility index (Phi) is 4.33. The van der Waals surface area contributed by atoms with Crippen LogP contribution >= 0.6 is 7.82 Å². The molecular formula is C5H11O5P. The Bertz CT molecular complexity index is 178. The highest BCUT2D eigenvalue weighted by Crippen LogP contribution is 2.42. The molecule has 0 aromatic heterocycles. The van der Waals surface area contributed by atoms with E-state index in [9.17, 15) is 9.36 Å². The SMILES string of the molecule is CCCC(=O)OP(=O)(O)OC. The standard InChI is InChI=1S/C5H11O5P/c1-3-4-5(6)10-11(7,8)9-2/h3-4H2,1-2H3,(H,7,8). The van der Waals surface area contributed by atoms with E-state index in [1.54, 1.807) is 6.92 Å². The first-order valence-corrected chi connectivity index (χ1v) is 4.62. The fourth-order valence-electron chi connectivity index (χ4n) is 0.416. The molecule has 0 saturated carbocycles. The molecule has 0 fully saturated rings. The summed E-state index contributed by atoms with van der Waals surface area (Å²) in [6, 6.07) is 0. The molecule has 0 aliphatic heterocycles. The molecule has 5 nitrogen and oxygen atoms in total. The minimum atomic E-state index is -4.11. The first-order chi connectivity index (χ1) is 5.02. The molecule has 1 N–H and O–H groups in total. The summed E-state index contributed by atoms with van der Waals surface area (Å²) in [6.07, 6.45) is 0.691. The monoisotopic (exact) mass is 182 g/mol. The number of rotatable bonds is 4. The Morgan fingerprint density at radius 3 is 2.55 bits per heavy atom. The predicted molar refractivity (Wildman–Crippen MR) is 37.8 cm³/mol. The van der Waals surface area contributed by atoms with Gasteiger partial charge in [0, 0.05) is 13.5 Å². The summed E-state index contributed by atoms with van der Waals surface area (Å²) in [4.78, 5) is 19.2. The third kappa shape index (κ3) is 4.95. The highest BCUT2D eigenvalue weighted by atomic mass is 31.2. The van der Waals surface area contributed by atoms with Crippen LogP contribution in [0.25, 0.3) is 0 Å². The molecule has 11 heavy (non-hydrogen) atoms. The van der Waals surface area contributed by atoms with Crippen molar-refractivity contribution in [2.24, 2.45) is 0 Å². The second-order valence-corrected chi connectivity index (χ2v) is 3.35. The lowest BCUT2D eigenvalue weighted by molar-refractivity contribution is -0.135. The first kappa shape index (κ1) is 10.6. The summed E-state index contributed by atoms with van der Waals surface area (Å²) >= 11 is 0. The number of phosphoric ester groups is 1. The van der Waals surface area contributed by atoms with Gasteiger partial charge in [-0.3, -0.25) is 14.2 Å². The summed E-state index contributed by atoms with van der Waals surface area (Å²) < 4.78 is 18.7. The average Bonchev–Trinajstić information content (AvgIpc) is 1.87. The molecule has 66 valence electrons. The molecule has 0 spiro atoms. The maximum Gasteiger partial charge on any atom is 0.529 e. The molecule has 0 bridgehead atoms. The fourth-order valence-corrected chi connectivity index (χ4v) is 0.839. The van der Waals surface area contributed by atoms with Gasteiger partial charge in [-0.1, -0.05) is 6.92 Å². The molecule has 0 radical (unpaired) electrons. The zero-order chi connectivity index (χ0) is 8.91. The average molecular weight is 182 g/mol. The highest BCUT2D eigenvalue weighted by Gasteiger charge is 2.22. The predicted octanol–water partition coefficient (Wildman–Crippen LogP) is 1.08. The van der Waals surface area contributed by atoms with Crippen LogP contribution in [0, 0.1) is 0 Å². The Labute approximate surface area is 64.9 Å². The molecule has 1 unspecified atom stereocenters. The third-order valence-electron chi connectivity index (χ3n) is 0.902. The van der Waals surface area contributed by atoms with Gasteiger partial charge >= 0.3 is 13.8 Å². The van der Waals surface area contributed by atoms with E-state index in [2.05, 4.69) is 9.05 Å². The van der Waals surface area contributed by atoms with Crippen LogP contribution < -0.4 is 0 Å². The third-order valence-corrected chi connectivity index (χ3v) is 1.80. The van der Waals surface area contributed by atoms with Crippen LogP contribution in [0.4, 0.5) is 0 Å². The first-order valence-electron chi connectivity index (χ1n) is 3.12. The van der Waals surface area contributed by atoms with Crippen molar-refractivity contribution in [3.8, 4) is 0 Å². The van der Waals surface area contributed by atoms with Crippen LogP contribution in [-0.4, -0.2) is 18.0 Å². The molecule has 0 aromatic rings. The van der Waals surface area contributed by atoms with E-state index >= 15 is 0 Å². The molecule has 0 aromatic carbocycles. The zero-order valence-corrected chi connectivity index (χ0v) is 7.34. The lowest BCUT2D eigenvalue weighted by Gasteiger charge is -2.07. The normalized spacial score (nSPS) is 15.5.